The van der Waals surface area contributed by atoms with E-state index in [0.29, 0.717) is 12.0 Å². The van der Waals surface area contributed by atoms with E-state index in [4.69, 9.17) is 0 Å². The Balaban J connectivity index is 2.21. The molecule has 0 aliphatic carbocycles. The van der Waals surface area contributed by atoms with Crippen LogP contribution in [0.4, 0.5) is 8.78 Å². The maximum Gasteiger partial charge on any atom is 0.178 e. The summed E-state index contributed by atoms with van der Waals surface area (Å²) in [6, 6.07) is 3.85. The molecule has 0 aliphatic heterocycles. The Morgan fingerprint density at radius 1 is 1.20 bits per heavy atom. The molecule has 0 saturated carbocycles. The molecule has 1 heterocycles. The average molecular weight is 338 g/mol. The second-order valence-corrected chi connectivity index (χ2v) is 5.69. The van der Waals surface area contributed by atoms with E-state index in [-0.39, 0.29) is 0 Å². The van der Waals surface area contributed by atoms with Gasteiger partial charge in [-0.2, -0.15) is 0 Å². The van der Waals surface area contributed by atoms with Crippen LogP contribution in [-0.4, -0.2) is 10.2 Å². The summed E-state index contributed by atoms with van der Waals surface area (Å²) in [6.45, 7) is 0. The molecule has 0 spiro atoms. The Morgan fingerprint density at radius 2 is 2.00 bits per heavy atom. The van der Waals surface area contributed by atoms with Gasteiger partial charge in [-0.1, -0.05) is 17.4 Å². The van der Waals surface area contributed by atoms with Crippen molar-refractivity contribution in [2.24, 2.45) is 0 Å². The molecule has 2 nitrogen and oxygen atoms in total. The van der Waals surface area contributed by atoms with Crippen LogP contribution in [0.25, 0.3) is 0 Å². The maximum atomic E-state index is 12.9. The molecule has 2 aromatic rings. The lowest BCUT2D eigenvalue weighted by Gasteiger charge is -1.98. The molecule has 1 aromatic carbocycles. The molecular weight excluding hydrogens is 333 g/mol. The predicted molar refractivity (Wildman–Crippen MR) is 61.8 cm³/mol. The fraction of sp³-hybridized carbons (Fsp3) is 0.111. The number of halogens is 3. The fourth-order valence-corrected chi connectivity index (χ4v) is 2.60. The van der Waals surface area contributed by atoms with Crippen LogP contribution < -0.4 is 0 Å². The van der Waals surface area contributed by atoms with Crippen molar-refractivity contribution in [3.8, 4) is 0 Å². The molecule has 0 radical (unpaired) electrons. The van der Waals surface area contributed by atoms with Crippen molar-refractivity contribution >= 4 is 33.9 Å². The molecule has 0 bridgehead atoms. The summed E-state index contributed by atoms with van der Waals surface area (Å²) in [5.74, 6) is -1.66. The van der Waals surface area contributed by atoms with E-state index in [1.165, 1.54) is 17.4 Å². The molecule has 0 saturated heterocycles. The monoisotopic (exact) mass is 338 g/mol. The number of hydrogen-bond acceptors (Lipinski definition) is 3. The van der Waals surface area contributed by atoms with E-state index >= 15 is 0 Å². The Kier molecular flexibility index (Phi) is 3.25. The van der Waals surface area contributed by atoms with Crippen molar-refractivity contribution in [3.63, 3.8) is 0 Å². The Bertz CT molecular complexity index is 487. The molecule has 6 heteroatoms. The van der Waals surface area contributed by atoms with Crippen molar-refractivity contribution in [1.29, 1.82) is 0 Å². The molecule has 0 aliphatic rings. The zero-order chi connectivity index (χ0) is 10.8. The maximum absolute atomic E-state index is 12.9. The highest BCUT2D eigenvalue weighted by Crippen LogP contribution is 2.17. The first kappa shape index (κ1) is 10.9. The van der Waals surface area contributed by atoms with Gasteiger partial charge in [-0.05, 0) is 40.3 Å². The van der Waals surface area contributed by atoms with Gasteiger partial charge in [0.15, 0.2) is 14.6 Å². The van der Waals surface area contributed by atoms with Gasteiger partial charge < -0.3 is 0 Å². The smallest absolute Gasteiger partial charge is 0.178 e. The van der Waals surface area contributed by atoms with Crippen LogP contribution in [0.2, 0.25) is 0 Å². The van der Waals surface area contributed by atoms with E-state index in [1.54, 1.807) is 6.07 Å². The van der Waals surface area contributed by atoms with Crippen molar-refractivity contribution < 1.29 is 8.78 Å². The molecular formula is C9H5F2IN2S. The minimum absolute atomic E-state index is 0.484. The minimum atomic E-state index is -0.828. The molecule has 0 fully saturated rings. The van der Waals surface area contributed by atoms with Gasteiger partial charge in [0.05, 0.1) is 0 Å². The van der Waals surface area contributed by atoms with Gasteiger partial charge in [0.2, 0.25) is 0 Å². The van der Waals surface area contributed by atoms with Gasteiger partial charge in [-0.15, -0.1) is 10.2 Å². The molecule has 78 valence electrons. The molecule has 0 atom stereocenters. The summed E-state index contributed by atoms with van der Waals surface area (Å²) >= 11 is 3.51. The third-order valence-electron chi connectivity index (χ3n) is 1.78. The predicted octanol–water partition coefficient (Wildman–Crippen LogP) is 3.01. The SMILES string of the molecule is Fc1ccc(Cc2nnc(I)s2)cc1F. The quantitative estimate of drug-likeness (QED) is 0.787. The van der Waals surface area contributed by atoms with Gasteiger partial charge >= 0.3 is 0 Å². The number of nitrogens with zero attached hydrogens (tertiary/aromatic N) is 2. The Hall–Kier alpha value is -0.630. The van der Waals surface area contributed by atoms with E-state index in [1.807, 2.05) is 0 Å². The highest BCUT2D eigenvalue weighted by molar-refractivity contribution is 14.1. The van der Waals surface area contributed by atoms with Crippen molar-refractivity contribution in [2.75, 3.05) is 0 Å². The summed E-state index contributed by atoms with van der Waals surface area (Å²) in [4.78, 5) is 0. The first-order valence-corrected chi connectivity index (χ1v) is 5.96. The highest BCUT2D eigenvalue weighted by atomic mass is 127. The lowest BCUT2D eigenvalue weighted by molar-refractivity contribution is 0.507. The highest BCUT2D eigenvalue weighted by Gasteiger charge is 2.06. The number of hydrogen-bond donors (Lipinski definition) is 0. The van der Waals surface area contributed by atoms with Crippen molar-refractivity contribution in [3.05, 3.63) is 43.4 Å². The van der Waals surface area contributed by atoms with Crippen LogP contribution in [0.3, 0.4) is 0 Å². The third kappa shape index (κ3) is 2.69. The molecule has 0 unspecified atom stereocenters. The first-order valence-electron chi connectivity index (χ1n) is 4.07. The largest absolute Gasteiger partial charge is 0.204 e. The number of rotatable bonds is 2. The Labute approximate surface area is 102 Å². The zero-order valence-electron chi connectivity index (χ0n) is 7.38. The fourth-order valence-electron chi connectivity index (χ4n) is 1.13. The second kappa shape index (κ2) is 4.48. The van der Waals surface area contributed by atoms with E-state index < -0.39 is 11.6 Å². The normalized spacial score (nSPS) is 10.6. The van der Waals surface area contributed by atoms with Crippen molar-refractivity contribution in [1.82, 2.24) is 10.2 Å². The number of aromatic nitrogens is 2. The molecule has 2 rings (SSSR count). The van der Waals surface area contributed by atoms with E-state index in [0.717, 1.165) is 14.1 Å². The van der Waals surface area contributed by atoms with Crippen LogP contribution in [-0.2, 0) is 6.42 Å². The summed E-state index contributed by atoms with van der Waals surface area (Å²) in [5.41, 5.74) is 0.696. The van der Waals surface area contributed by atoms with Crippen LogP contribution in [0.1, 0.15) is 10.6 Å². The standard InChI is InChI=1S/C9H5F2IN2S/c10-6-2-1-5(3-7(6)11)4-8-13-14-9(12)15-8/h1-3H,4H2. The van der Waals surface area contributed by atoms with Crippen LogP contribution in [0, 0.1) is 14.6 Å². The van der Waals surface area contributed by atoms with Crippen molar-refractivity contribution in [2.45, 2.75) is 6.42 Å². The molecule has 15 heavy (non-hydrogen) atoms. The topological polar surface area (TPSA) is 25.8 Å². The third-order valence-corrected chi connectivity index (χ3v) is 3.37. The van der Waals surface area contributed by atoms with Gasteiger partial charge in [-0.25, -0.2) is 8.78 Å². The van der Waals surface area contributed by atoms with Crippen LogP contribution in [0.15, 0.2) is 18.2 Å². The summed E-state index contributed by atoms with van der Waals surface area (Å²) in [6.07, 6.45) is 0.484. The molecule has 0 amide bonds. The van der Waals surface area contributed by atoms with Gasteiger partial charge in [0.1, 0.15) is 5.01 Å². The second-order valence-electron chi connectivity index (χ2n) is 2.87. The van der Waals surface area contributed by atoms with Gasteiger partial charge in [0.25, 0.3) is 0 Å². The van der Waals surface area contributed by atoms with E-state index in [2.05, 4.69) is 32.8 Å². The summed E-state index contributed by atoms with van der Waals surface area (Å²) in [7, 11) is 0. The molecule has 0 N–H and O–H groups in total. The van der Waals surface area contributed by atoms with Gasteiger partial charge in [-0.3, -0.25) is 0 Å². The van der Waals surface area contributed by atoms with Crippen LogP contribution >= 0.6 is 33.9 Å². The first-order chi connectivity index (χ1) is 7.15. The summed E-state index contributed by atoms with van der Waals surface area (Å²) in [5, 5.41) is 8.54. The van der Waals surface area contributed by atoms with Crippen LogP contribution in [0.5, 0.6) is 0 Å². The lowest BCUT2D eigenvalue weighted by Crippen LogP contribution is -1.91. The Morgan fingerprint density at radius 3 is 2.60 bits per heavy atom. The minimum Gasteiger partial charge on any atom is -0.204 e. The lowest BCUT2D eigenvalue weighted by atomic mass is 10.1. The number of benzene rings is 1. The van der Waals surface area contributed by atoms with Gasteiger partial charge in [0, 0.05) is 6.42 Å². The summed E-state index contributed by atoms with van der Waals surface area (Å²) < 4.78 is 26.4. The zero-order valence-corrected chi connectivity index (χ0v) is 10.3. The molecule has 1 aromatic heterocycles. The average Bonchev–Trinajstić information content (AvgIpc) is 2.58. The van der Waals surface area contributed by atoms with E-state index in [9.17, 15) is 8.78 Å².